The van der Waals surface area contributed by atoms with Gasteiger partial charge in [0.15, 0.2) is 6.61 Å². The van der Waals surface area contributed by atoms with E-state index in [1.165, 1.54) is 10.9 Å². The van der Waals surface area contributed by atoms with Crippen LogP contribution in [0.25, 0.3) is 10.9 Å². The molecule has 0 spiro atoms. The van der Waals surface area contributed by atoms with Gasteiger partial charge in [0.1, 0.15) is 6.54 Å². The third kappa shape index (κ3) is 3.96. The molecule has 4 aromatic rings. The average Bonchev–Trinajstić information content (AvgIpc) is 3.02. The van der Waals surface area contributed by atoms with Crippen LogP contribution < -0.4 is 10.5 Å². The van der Waals surface area contributed by atoms with Crippen LogP contribution in [0.15, 0.2) is 77.9 Å². The molecule has 7 nitrogen and oxygen atoms in total. The molecule has 0 atom stereocenters. The molecule has 1 aliphatic heterocycles. The Morgan fingerprint density at radius 3 is 2.24 bits per heavy atom. The summed E-state index contributed by atoms with van der Waals surface area (Å²) in [5.41, 5.74) is 4.86. The molecule has 0 saturated heterocycles. The number of carbonyl (C=O) groups is 2. The zero-order valence-corrected chi connectivity index (χ0v) is 18.7. The van der Waals surface area contributed by atoms with E-state index in [0.29, 0.717) is 10.9 Å². The molecule has 0 N–H and O–H groups in total. The van der Waals surface area contributed by atoms with Crippen LogP contribution in [0.1, 0.15) is 16.7 Å². The normalized spacial score (nSPS) is 12.6. The molecule has 1 aromatic heterocycles. The Labute approximate surface area is 196 Å². The minimum atomic E-state index is -0.680. The van der Waals surface area contributed by atoms with Gasteiger partial charge < -0.3 is 4.74 Å². The summed E-state index contributed by atoms with van der Waals surface area (Å²) in [6.45, 7) is 1.12. The van der Waals surface area contributed by atoms with Gasteiger partial charge in [-0.2, -0.15) is 0 Å². The number of nitrogens with zero attached hydrogens (tertiary/aromatic N) is 3. The van der Waals surface area contributed by atoms with Gasteiger partial charge in [-0.05, 0) is 54.7 Å². The zero-order valence-electron chi connectivity index (χ0n) is 18.7. The smallest absolute Gasteiger partial charge is 0.326 e. The van der Waals surface area contributed by atoms with Crippen LogP contribution in [0.2, 0.25) is 0 Å². The van der Waals surface area contributed by atoms with E-state index in [1.807, 2.05) is 61.5 Å². The van der Waals surface area contributed by atoms with Crippen molar-refractivity contribution in [1.29, 1.82) is 0 Å². The first kappa shape index (κ1) is 21.6. The monoisotopic (exact) mass is 453 g/mol. The van der Waals surface area contributed by atoms with Crippen molar-refractivity contribution in [3.63, 3.8) is 0 Å². The van der Waals surface area contributed by atoms with E-state index in [9.17, 15) is 14.4 Å². The Hall–Kier alpha value is -4.26. The molecule has 1 aliphatic rings. The van der Waals surface area contributed by atoms with Gasteiger partial charge in [-0.25, -0.2) is 4.98 Å². The van der Waals surface area contributed by atoms with Crippen LogP contribution in [0.3, 0.4) is 0 Å². The molecule has 0 bridgehead atoms. The lowest BCUT2D eigenvalue weighted by Gasteiger charge is -2.24. The molecule has 2 heterocycles. The van der Waals surface area contributed by atoms with Gasteiger partial charge in [0.2, 0.25) is 0 Å². The number of aromatic nitrogens is 2. The number of para-hydroxylation sites is 3. The molecule has 5 rings (SSSR count). The molecule has 0 unspecified atom stereocenters. The topological polar surface area (TPSA) is 81.5 Å². The van der Waals surface area contributed by atoms with Crippen LogP contribution in [0.5, 0.6) is 0 Å². The van der Waals surface area contributed by atoms with E-state index in [2.05, 4.69) is 4.98 Å². The second kappa shape index (κ2) is 8.94. The summed E-state index contributed by atoms with van der Waals surface area (Å²) < 4.78 is 6.50. The van der Waals surface area contributed by atoms with Crippen molar-refractivity contribution in [3.8, 4) is 0 Å². The van der Waals surface area contributed by atoms with Gasteiger partial charge in [-0.1, -0.05) is 48.5 Å². The summed E-state index contributed by atoms with van der Waals surface area (Å²) in [6.07, 6.45) is 2.96. The third-order valence-electron chi connectivity index (χ3n) is 6.09. The van der Waals surface area contributed by atoms with Crippen LogP contribution in [-0.4, -0.2) is 28.0 Å². The fourth-order valence-corrected chi connectivity index (χ4v) is 4.39. The maximum atomic E-state index is 13.3. The highest BCUT2D eigenvalue weighted by molar-refractivity contribution is 6.03. The second-order valence-electron chi connectivity index (χ2n) is 8.30. The average molecular weight is 453 g/mol. The minimum Gasteiger partial charge on any atom is -0.454 e. The summed E-state index contributed by atoms with van der Waals surface area (Å²) in [7, 11) is 0. The molecule has 170 valence electrons. The number of fused-ring (bicyclic) bond motifs is 3. The highest BCUT2D eigenvalue weighted by atomic mass is 16.5. The molecule has 7 heteroatoms. The Morgan fingerprint density at radius 1 is 0.912 bits per heavy atom. The Bertz CT molecular complexity index is 1430. The number of hydrogen-bond donors (Lipinski definition) is 0. The number of rotatable bonds is 4. The lowest BCUT2D eigenvalue weighted by Crippen LogP contribution is -2.33. The molecule has 0 radical (unpaired) electrons. The van der Waals surface area contributed by atoms with Crippen LogP contribution in [0.4, 0.5) is 11.4 Å². The van der Waals surface area contributed by atoms with E-state index in [1.54, 1.807) is 17.0 Å². The Kier molecular flexibility index (Phi) is 5.67. The first-order valence-corrected chi connectivity index (χ1v) is 11.1. The van der Waals surface area contributed by atoms with Gasteiger partial charge in [0, 0.05) is 0 Å². The summed E-state index contributed by atoms with van der Waals surface area (Å²) in [6, 6.07) is 20.8. The highest BCUT2D eigenvalue weighted by Gasteiger charge is 2.26. The SMILES string of the molecule is Cc1cccc2c(=O)n(CC(=O)OCC(=O)N3c4ccccc4CCc4ccccc43)cnc12. The summed E-state index contributed by atoms with van der Waals surface area (Å²) in [5.74, 6) is -1.03. The van der Waals surface area contributed by atoms with Gasteiger partial charge in [-0.3, -0.25) is 23.9 Å². The standard InChI is InChI=1S/C27H23N3O4/c1-18-7-6-10-21-26(18)28-17-29(27(21)33)15-25(32)34-16-24(31)30-22-11-4-2-8-19(22)13-14-20-9-3-5-12-23(20)30/h2-12,17H,13-16H2,1H3. The van der Waals surface area contributed by atoms with E-state index >= 15 is 0 Å². The maximum Gasteiger partial charge on any atom is 0.326 e. The predicted molar refractivity (Wildman–Crippen MR) is 129 cm³/mol. The first-order valence-electron chi connectivity index (χ1n) is 11.1. The summed E-state index contributed by atoms with van der Waals surface area (Å²) >= 11 is 0. The van der Waals surface area contributed by atoms with Crippen molar-refractivity contribution < 1.29 is 14.3 Å². The molecular formula is C27H23N3O4. The summed E-state index contributed by atoms with van der Waals surface area (Å²) in [4.78, 5) is 44.5. The zero-order chi connectivity index (χ0) is 23.7. The molecule has 1 amide bonds. The number of esters is 1. The van der Waals surface area contributed by atoms with Crippen molar-refractivity contribution >= 4 is 34.2 Å². The van der Waals surface area contributed by atoms with Crippen LogP contribution in [-0.2, 0) is 33.7 Å². The molecule has 34 heavy (non-hydrogen) atoms. The van der Waals surface area contributed by atoms with Crippen LogP contribution >= 0.6 is 0 Å². The van der Waals surface area contributed by atoms with E-state index in [4.69, 9.17) is 4.74 Å². The number of ether oxygens (including phenoxy) is 1. The number of anilines is 2. The molecular weight excluding hydrogens is 430 g/mol. The van der Waals surface area contributed by atoms with E-state index in [0.717, 1.165) is 40.9 Å². The third-order valence-corrected chi connectivity index (χ3v) is 6.09. The fourth-order valence-electron chi connectivity index (χ4n) is 4.39. The summed E-state index contributed by atoms with van der Waals surface area (Å²) in [5, 5.41) is 0.434. The minimum absolute atomic E-state index is 0.323. The Morgan fingerprint density at radius 2 is 1.56 bits per heavy atom. The van der Waals surface area contributed by atoms with Crippen molar-refractivity contribution in [1.82, 2.24) is 9.55 Å². The second-order valence-corrected chi connectivity index (χ2v) is 8.30. The van der Waals surface area contributed by atoms with Crippen molar-refractivity contribution in [3.05, 3.63) is 100 Å². The highest BCUT2D eigenvalue weighted by Crippen LogP contribution is 2.35. The molecule has 0 saturated carbocycles. The van der Waals surface area contributed by atoms with Crippen molar-refractivity contribution in [2.75, 3.05) is 11.5 Å². The lowest BCUT2D eigenvalue weighted by molar-refractivity contribution is -0.148. The number of aryl methyl sites for hydroxylation is 3. The van der Waals surface area contributed by atoms with E-state index < -0.39 is 12.6 Å². The number of benzene rings is 3. The number of amides is 1. The first-order chi connectivity index (χ1) is 16.5. The van der Waals surface area contributed by atoms with Crippen molar-refractivity contribution in [2.45, 2.75) is 26.3 Å². The van der Waals surface area contributed by atoms with Crippen LogP contribution in [0, 0.1) is 6.92 Å². The quantitative estimate of drug-likeness (QED) is 0.440. The van der Waals surface area contributed by atoms with Gasteiger partial charge >= 0.3 is 5.97 Å². The van der Waals surface area contributed by atoms with Gasteiger partial charge in [0.05, 0.1) is 28.6 Å². The molecule has 3 aromatic carbocycles. The fraction of sp³-hybridized carbons (Fsp3) is 0.185. The lowest BCUT2D eigenvalue weighted by atomic mass is 10.0. The van der Waals surface area contributed by atoms with Gasteiger partial charge in [-0.15, -0.1) is 0 Å². The number of carbonyl (C=O) groups excluding carboxylic acids is 2. The Balaban J connectivity index is 1.35. The molecule has 0 aliphatic carbocycles. The maximum absolute atomic E-state index is 13.3. The van der Waals surface area contributed by atoms with E-state index in [-0.39, 0.29) is 18.0 Å². The van der Waals surface area contributed by atoms with Gasteiger partial charge in [0.25, 0.3) is 11.5 Å². The largest absolute Gasteiger partial charge is 0.454 e. The number of hydrogen-bond acceptors (Lipinski definition) is 5. The predicted octanol–water partition coefficient (Wildman–Crippen LogP) is 3.71. The van der Waals surface area contributed by atoms with Crippen molar-refractivity contribution in [2.24, 2.45) is 0 Å². The molecule has 0 fully saturated rings.